The number of anilines is 1. The minimum absolute atomic E-state index is 0.205. The van der Waals surface area contributed by atoms with Gasteiger partial charge in [-0.15, -0.1) is 0 Å². The maximum absolute atomic E-state index is 6.48. The Balaban J connectivity index is 2.51. The number of benzene rings is 1. The molecule has 2 rings (SSSR count). The van der Waals surface area contributed by atoms with Crippen LogP contribution in [-0.4, -0.2) is 19.1 Å². The van der Waals surface area contributed by atoms with Crippen LogP contribution in [0.3, 0.4) is 0 Å². The third kappa shape index (κ3) is 2.82. The molecule has 1 aliphatic rings. The quantitative estimate of drug-likeness (QED) is 0.875. The van der Waals surface area contributed by atoms with Crippen LogP contribution in [0.4, 0.5) is 5.69 Å². The van der Waals surface area contributed by atoms with Crippen LogP contribution < -0.4 is 10.2 Å². The van der Waals surface area contributed by atoms with Crippen molar-refractivity contribution in [2.24, 2.45) is 0 Å². The van der Waals surface area contributed by atoms with Crippen molar-refractivity contribution in [2.75, 3.05) is 18.5 Å². The fraction of sp³-hybridized carbons (Fsp3) is 0.647. The van der Waals surface area contributed by atoms with Crippen LogP contribution >= 0.6 is 11.6 Å². The Hall–Kier alpha value is -0.730. The summed E-state index contributed by atoms with van der Waals surface area (Å²) in [6.45, 7) is 11.2. The van der Waals surface area contributed by atoms with Crippen molar-refractivity contribution in [1.29, 1.82) is 0 Å². The Morgan fingerprint density at radius 2 is 2.10 bits per heavy atom. The summed E-state index contributed by atoms with van der Waals surface area (Å²) in [5, 5.41) is 4.08. The molecule has 0 unspecified atom stereocenters. The zero-order valence-corrected chi connectivity index (χ0v) is 14.1. The van der Waals surface area contributed by atoms with E-state index >= 15 is 0 Å². The second kappa shape index (κ2) is 5.95. The van der Waals surface area contributed by atoms with E-state index in [1.807, 2.05) is 7.05 Å². The number of hydrogen-bond donors (Lipinski definition) is 1. The fourth-order valence-corrected chi connectivity index (χ4v) is 3.75. The van der Waals surface area contributed by atoms with E-state index in [0.29, 0.717) is 5.92 Å². The molecule has 1 aliphatic heterocycles. The topological polar surface area (TPSA) is 15.3 Å². The predicted molar refractivity (Wildman–Crippen MR) is 89.0 cm³/mol. The second-order valence-electron chi connectivity index (χ2n) is 6.60. The van der Waals surface area contributed by atoms with Gasteiger partial charge >= 0.3 is 0 Å². The van der Waals surface area contributed by atoms with E-state index in [-0.39, 0.29) is 5.54 Å². The summed E-state index contributed by atoms with van der Waals surface area (Å²) >= 11 is 6.48. The highest BCUT2D eigenvalue weighted by Gasteiger charge is 2.36. The van der Waals surface area contributed by atoms with E-state index in [2.05, 4.69) is 50.0 Å². The van der Waals surface area contributed by atoms with Gasteiger partial charge in [-0.25, -0.2) is 0 Å². The Kier molecular flexibility index (Phi) is 4.66. The monoisotopic (exact) mass is 294 g/mol. The van der Waals surface area contributed by atoms with Gasteiger partial charge in [0.15, 0.2) is 0 Å². The average Bonchev–Trinajstić information content (AvgIpc) is 2.36. The molecule has 0 amide bonds. The van der Waals surface area contributed by atoms with Crippen molar-refractivity contribution >= 4 is 17.3 Å². The average molecular weight is 295 g/mol. The fourth-order valence-electron chi connectivity index (χ4n) is 3.52. The zero-order chi connectivity index (χ0) is 14.9. The third-order valence-corrected chi connectivity index (χ3v) is 4.72. The molecule has 0 aromatic heterocycles. The molecule has 0 saturated heterocycles. The standard InChI is InChI=1S/C17H27ClN2/c1-6-7-20-16-9-15(18)13(11-19-5)8-14(16)12(2)10-17(20,3)4/h8-9,12,19H,6-7,10-11H2,1-5H3/t12-/m1/s1. The van der Waals surface area contributed by atoms with Crippen LogP contribution in [0.2, 0.25) is 5.02 Å². The summed E-state index contributed by atoms with van der Waals surface area (Å²) in [6.07, 6.45) is 2.35. The van der Waals surface area contributed by atoms with Crippen molar-refractivity contribution < 1.29 is 0 Å². The summed E-state index contributed by atoms with van der Waals surface area (Å²) in [6, 6.07) is 4.48. The number of rotatable bonds is 4. The Morgan fingerprint density at radius 3 is 2.70 bits per heavy atom. The van der Waals surface area contributed by atoms with Crippen molar-refractivity contribution in [3.63, 3.8) is 0 Å². The van der Waals surface area contributed by atoms with Crippen molar-refractivity contribution in [2.45, 2.75) is 58.5 Å². The minimum Gasteiger partial charge on any atom is -0.366 e. The first-order valence-electron chi connectivity index (χ1n) is 7.65. The molecule has 1 aromatic carbocycles. The lowest BCUT2D eigenvalue weighted by atomic mass is 9.79. The number of fused-ring (bicyclic) bond motifs is 1. The van der Waals surface area contributed by atoms with Crippen LogP contribution in [0.1, 0.15) is 57.6 Å². The van der Waals surface area contributed by atoms with Crippen LogP contribution in [-0.2, 0) is 6.54 Å². The Labute approximate surface area is 128 Å². The number of halogens is 1. The molecule has 0 saturated carbocycles. The maximum atomic E-state index is 6.48. The summed E-state index contributed by atoms with van der Waals surface area (Å²) in [7, 11) is 1.96. The molecule has 1 atom stereocenters. The molecule has 0 aliphatic carbocycles. The Bertz CT molecular complexity index is 482. The van der Waals surface area contributed by atoms with E-state index in [9.17, 15) is 0 Å². The van der Waals surface area contributed by atoms with Gasteiger partial charge in [0.1, 0.15) is 0 Å². The lowest BCUT2D eigenvalue weighted by molar-refractivity contribution is 0.376. The second-order valence-corrected chi connectivity index (χ2v) is 7.01. The normalized spacial score (nSPS) is 20.9. The van der Waals surface area contributed by atoms with Crippen molar-refractivity contribution in [3.05, 3.63) is 28.3 Å². The number of nitrogens with one attached hydrogen (secondary N) is 1. The van der Waals surface area contributed by atoms with Crippen molar-refractivity contribution in [3.8, 4) is 0 Å². The van der Waals surface area contributed by atoms with Crippen LogP contribution in [0.15, 0.2) is 12.1 Å². The Morgan fingerprint density at radius 1 is 1.40 bits per heavy atom. The van der Waals surface area contributed by atoms with Gasteiger partial charge in [-0.3, -0.25) is 0 Å². The third-order valence-electron chi connectivity index (χ3n) is 4.37. The lowest BCUT2D eigenvalue weighted by Crippen LogP contribution is -2.48. The molecule has 20 heavy (non-hydrogen) atoms. The predicted octanol–water partition coefficient (Wildman–Crippen LogP) is 4.56. The molecular weight excluding hydrogens is 268 g/mol. The molecule has 3 heteroatoms. The molecule has 0 fully saturated rings. The summed E-state index contributed by atoms with van der Waals surface area (Å²) in [5.74, 6) is 0.584. The lowest BCUT2D eigenvalue weighted by Gasteiger charge is -2.48. The highest BCUT2D eigenvalue weighted by molar-refractivity contribution is 6.31. The van der Waals surface area contributed by atoms with Crippen LogP contribution in [0.25, 0.3) is 0 Å². The first-order valence-corrected chi connectivity index (χ1v) is 8.03. The SMILES string of the molecule is CCCN1c2cc(Cl)c(CNC)cc2[C@H](C)CC1(C)C. The van der Waals surface area contributed by atoms with E-state index in [1.165, 1.54) is 23.2 Å². The van der Waals surface area contributed by atoms with Gasteiger partial charge in [-0.1, -0.05) is 31.5 Å². The number of nitrogens with zero attached hydrogens (tertiary/aromatic N) is 1. The largest absolute Gasteiger partial charge is 0.366 e. The molecule has 1 heterocycles. The van der Waals surface area contributed by atoms with E-state index in [0.717, 1.165) is 24.5 Å². The smallest absolute Gasteiger partial charge is 0.0471 e. The van der Waals surface area contributed by atoms with Gasteiger partial charge in [0.05, 0.1) is 0 Å². The van der Waals surface area contributed by atoms with Gasteiger partial charge in [0, 0.05) is 29.3 Å². The molecule has 2 nitrogen and oxygen atoms in total. The molecule has 1 N–H and O–H groups in total. The molecule has 0 radical (unpaired) electrons. The van der Waals surface area contributed by atoms with Crippen molar-refractivity contribution in [1.82, 2.24) is 5.32 Å². The first-order chi connectivity index (χ1) is 9.40. The van der Waals surface area contributed by atoms with Gasteiger partial charge in [-0.2, -0.15) is 0 Å². The summed E-state index contributed by atoms with van der Waals surface area (Å²) in [4.78, 5) is 2.54. The maximum Gasteiger partial charge on any atom is 0.0471 e. The highest BCUT2D eigenvalue weighted by atomic mass is 35.5. The molecular formula is C17H27ClN2. The van der Waals surface area contributed by atoms with E-state index in [4.69, 9.17) is 11.6 Å². The highest BCUT2D eigenvalue weighted by Crippen LogP contribution is 2.45. The molecule has 112 valence electrons. The van der Waals surface area contributed by atoms with Gasteiger partial charge in [-0.05, 0) is 56.8 Å². The van der Waals surface area contributed by atoms with Gasteiger partial charge in [0.25, 0.3) is 0 Å². The molecule has 0 bridgehead atoms. The van der Waals surface area contributed by atoms with Crippen LogP contribution in [0, 0.1) is 0 Å². The number of hydrogen-bond acceptors (Lipinski definition) is 2. The summed E-state index contributed by atoms with van der Waals surface area (Å²) in [5.41, 5.74) is 4.19. The van der Waals surface area contributed by atoms with E-state index in [1.54, 1.807) is 0 Å². The zero-order valence-electron chi connectivity index (χ0n) is 13.4. The first kappa shape index (κ1) is 15.7. The summed E-state index contributed by atoms with van der Waals surface area (Å²) < 4.78 is 0. The van der Waals surface area contributed by atoms with Gasteiger partial charge in [0.2, 0.25) is 0 Å². The molecule has 0 spiro atoms. The van der Waals surface area contributed by atoms with Crippen LogP contribution in [0.5, 0.6) is 0 Å². The minimum atomic E-state index is 0.205. The van der Waals surface area contributed by atoms with Gasteiger partial charge < -0.3 is 10.2 Å². The van der Waals surface area contributed by atoms with E-state index < -0.39 is 0 Å². The molecule has 1 aromatic rings.